The summed E-state index contributed by atoms with van der Waals surface area (Å²) in [6.45, 7) is 2.66. The van der Waals surface area contributed by atoms with Gasteiger partial charge in [-0.15, -0.1) is 0 Å². The Bertz CT molecular complexity index is 1040. The molecule has 2 N–H and O–H groups in total. The summed E-state index contributed by atoms with van der Waals surface area (Å²) in [4.78, 5) is 25.6. The fourth-order valence-corrected chi connectivity index (χ4v) is 2.83. The van der Waals surface area contributed by atoms with Gasteiger partial charge in [-0.3, -0.25) is 9.59 Å². The van der Waals surface area contributed by atoms with Crippen LogP contribution >= 0.6 is 0 Å². The minimum absolute atomic E-state index is 0.0599. The van der Waals surface area contributed by atoms with Crippen molar-refractivity contribution in [2.24, 2.45) is 0 Å². The summed E-state index contributed by atoms with van der Waals surface area (Å²) >= 11 is 0. The average molecular weight is 420 g/mol. The molecule has 0 saturated carbocycles. The topological polar surface area (TPSA) is 89.8 Å². The molecule has 3 rings (SSSR count). The number of methoxy groups -OCH3 is 1. The van der Waals surface area contributed by atoms with Crippen molar-refractivity contribution in [3.8, 4) is 11.5 Å². The van der Waals surface area contributed by atoms with Gasteiger partial charge < -0.3 is 24.5 Å². The molecule has 1 aromatic heterocycles. The number of amides is 2. The Hall–Kier alpha value is -4.00. The Morgan fingerprint density at radius 1 is 1.03 bits per heavy atom. The highest BCUT2D eigenvalue weighted by Gasteiger charge is 2.16. The van der Waals surface area contributed by atoms with Gasteiger partial charge in [-0.05, 0) is 49.4 Å². The standard InChI is InChI=1S/C24H24N2O5/c1-3-30-22-9-5-4-7-18(22)16-25-24(28)21(15-20-8-6-14-31-20)26-23(27)17-10-12-19(29-2)13-11-17/h4-15H,3,16H2,1-2H3,(H,25,28)(H,26,27)/b21-15-. The van der Waals surface area contributed by atoms with Crippen LogP contribution in [0.25, 0.3) is 6.08 Å². The minimum atomic E-state index is -0.454. The zero-order valence-electron chi connectivity index (χ0n) is 17.4. The van der Waals surface area contributed by atoms with Crippen molar-refractivity contribution < 1.29 is 23.5 Å². The Morgan fingerprint density at radius 3 is 2.48 bits per heavy atom. The number of ether oxygens (including phenoxy) is 2. The summed E-state index contributed by atoms with van der Waals surface area (Å²) in [5.41, 5.74) is 1.28. The van der Waals surface area contributed by atoms with Gasteiger partial charge in [0.2, 0.25) is 0 Å². The van der Waals surface area contributed by atoms with E-state index in [1.165, 1.54) is 12.3 Å². The van der Waals surface area contributed by atoms with Crippen molar-refractivity contribution in [3.63, 3.8) is 0 Å². The number of furan rings is 1. The van der Waals surface area contributed by atoms with E-state index in [2.05, 4.69) is 10.6 Å². The van der Waals surface area contributed by atoms with Crippen LogP contribution in [0.4, 0.5) is 0 Å². The van der Waals surface area contributed by atoms with Crippen molar-refractivity contribution in [2.75, 3.05) is 13.7 Å². The van der Waals surface area contributed by atoms with Crippen LogP contribution in [-0.2, 0) is 11.3 Å². The minimum Gasteiger partial charge on any atom is -0.497 e. The first-order valence-electron chi connectivity index (χ1n) is 9.80. The number of benzene rings is 2. The quantitative estimate of drug-likeness (QED) is 0.514. The van der Waals surface area contributed by atoms with Crippen LogP contribution in [0.5, 0.6) is 11.5 Å². The van der Waals surface area contributed by atoms with E-state index in [1.807, 2.05) is 31.2 Å². The molecule has 7 nitrogen and oxygen atoms in total. The van der Waals surface area contributed by atoms with E-state index in [-0.39, 0.29) is 12.2 Å². The van der Waals surface area contributed by atoms with Gasteiger partial charge in [0, 0.05) is 23.7 Å². The second kappa shape index (κ2) is 10.7. The lowest BCUT2D eigenvalue weighted by Crippen LogP contribution is -2.34. The molecular formula is C24H24N2O5. The van der Waals surface area contributed by atoms with Crippen molar-refractivity contribution in [3.05, 3.63) is 89.5 Å². The summed E-state index contributed by atoms with van der Waals surface area (Å²) in [6.07, 6.45) is 2.97. The molecular weight excluding hydrogens is 396 g/mol. The van der Waals surface area contributed by atoms with Crippen molar-refractivity contribution in [1.82, 2.24) is 10.6 Å². The van der Waals surface area contributed by atoms with Gasteiger partial charge in [-0.1, -0.05) is 18.2 Å². The van der Waals surface area contributed by atoms with Crippen LogP contribution in [0.3, 0.4) is 0 Å². The first-order valence-corrected chi connectivity index (χ1v) is 9.80. The van der Waals surface area contributed by atoms with E-state index in [0.29, 0.717) is 29.4 Å². The van der Waals surface area contributed by atoms with Gasteiger partial charge >= 0.3 is 0 Å². The molecule has 0 atom stereocenters. The largest absolute Gasteiger partial charge is 0.497 e. The fraction of sp³-hybridized carbons (Fsp3) is 0.167. The first kappa shape index (κ1) is 21.7. The lowest BCUT2D eigenvalue weighted by molar-refractivity contribution is -0.117. The normalized spacial score (nSPS) is 11.0. The van der Waals surface area contributed by atoms with Gasteiger partial charge in [0.1, 0.15) is 23.0 Å². The summed E-state index contributed by atoms with van der Waals surface area (Å²) in [7, 11) is 1.55. The highest BCUT2D eigenvalue weighted by molar-refractivity contribution is 6.05. The smallest absolute Gasteiger partial charge is 0.268 e. The van der Waals surface area contributed by atoms with Gasteiger partial charge in [0.15, 0.2) is 0 Å². The molecule has 0 aliphatic rings. The van der Waals surface area contributed by atoms with Gasteiger partial charge in [0.05, 0.1) is 20.0 Å². The third-order valence-corrected chi connectivity index (χ3v) is 4.39. The lowest BCUT2D eigenvalue weighted by Gasteiger charge is -2.13. The molecule has 160 valence electrons. The van der Waals surface area contributed by atoms with Crippen LogP contribution in [0.1, 0.15) is 28.6 Å². The highest BCUT2D eigenvalue weighted by atomic mass is 16.5. The number of hydrogen-bond acceptors (Lipinski definition) is 5. The molecule has 0 aliphatic heterocycles. The zero-order valence-corrected chi connectivity index (χ0v) is 17.4. The molecule has 1 heterocycles. The van der Waals surface area contributed by atoms with E-state index >= 15 is 0 Å². The molecule has 0 unspecified atom stereocenters. The van der Waals surface area contributed by atoms with Crippen LogP contribution < -0.4 is 20.1 Å². The molecule has 0 spiro atoms. The molecule has 2 aromatic carbocycles. The van der Waals surface area contributed by atoms with Gasteiger partial charge in [0.25, 0.3) is 11.8 Å². The van der Waals surface area contributed by atoms with E-state index < -0.39 is 11.8 Å². The lowest BCUT2D eigenvalue weighted by atomic mass is 10.2. The number of nitrogens with one attached hydrogen (secondary N) is 2. The molecule has 2 amide bonds. The summed E-state index contributed by atoms with van der Waals surface area (Å²) in [5.74, 6) is 0.891. The van der Waals surface area contributed by atoms with Crippen molar-refractivity contribution in [2.45, 2.75) is 13.5 Å². The molecule has 7 heteroatoms. The predicted molar refractivity (Wildman–Crippen MR) is 117 cm³/mol. The number of rotatable bonds is 9. The Balaban J connectivity index is 1.75. The predicted octanol–water partition coefficient (Wildman–Crippen LogP) is 3.77. The average Bonchev–Trinajstić information content (AvgIpc) is 3.31. The molecule has 0 saturated heterocycles. The van der Waals surface area contributed by atoms with E-state index in [4.69, 9.17) is 13.9 Å². The van der Waals surface area contributed by atoms with Crippen LogP contribution in [0, 0.1) is 0 Å². The number of hydrogen-bond donors (Lipinski definition) is 2. The Morgan fingerprint density at radius 2 is 1.81 bits per heavy atom. The second-order valence-electron chi connectivity index (χ2n) is 6.48. The monoisotopic (exact) mass is 420 g/mol. The van der Waals surface area contributed by atoms with Crippen LogP contribution in [0.2, 0.25) is 0 Å². The molecule has 3 aromatic rings. The summed E-state index contributed by atoms with van der Waals surface area (Å²) in [6, 6.07) is 17.4. The van der Waals surface area contributed by atoms with E-state index in [0.717, 1.165) is 5.56 Å². The van der Waals surface area contributed by atoms with Gasteiger partial charge in [-0.2, -0.15) is 0 Å². The van der Waals surface area contributed by atoms with E-state index in [9.17, 15) is 9.59 Å². The third-order valence-electron chi connectivity index (χ3n) is 4.39. The molecule has 0 bridgehead atoms. The number of carbonyl (C=O) groups is 2. The zero-order chi connectivity index (χ0) is 22.1. The van der Waals surface area contributed by atoms with Gasteiger partial charge in [-0.25, -0.2) is 0 Å². The molecule has 31 heavy (non-hydrogen) atoms. The number of carbonyl (C=O) groups excluding carboxylic acids is 2. The summed E-state index contributed by atoms with van der Waals surface area (Å²) < 4.78 is 16.0. The highest BCUT2D eigenvalue weighted by Crippen LogP contribution is 2.18. The number of para-hydroxylation sites is 1. The van der Waals surface area contributed by atoms with Crippen LogP contribution in [0.15, 0.2) is 77.0 Å². The van der Waals surface area contributed by atoms with Crippen LogP contribution in [-0.4, -0.2) is 25.5 Å². The Labute approximate surface area is 180 Å². The van der Waals surface area contributed by atoms with Crippen molar-refractivity contribution in [1.29, 1.82) is 0 Å². The SMILES string of the molecule is CCOc1ccccc1CNC(=O)/C(=C/c1ccco1)NC(=O)c1ccc(OC)cc1. The first-order chi connectivity index (χ1) is 15.1. The second-order valence-corrected chi connectivity index (χ2v) is 6.48. The Kier molecular flexibility index (Phi) is 7.48. The maximum atomic E-state index is 12.9. The maximum Gasteiger partial charge on any atom is 0.268 e. The third kappa shape index (κ3) is 5.99. The molecule has 0 radical (unpaired) electrons. The van der Waals surface area contributed by atoms with E-state index in [1.54, 1.807) is 43.5 Å². The van der Waals surface area contributed by atoms with Crippen molar-refractivity contribution >= 4 is 17.9 Å². The summed E-state index contributed by atoms with van der Waals surface area (Å²) in [5, 5.41) is 5.48. The molecule has 0 aliphatic carbocycles. The maximum absolute atomic E-state index is 12.9. The molecule has 0 fully saturated rings. The fourth-order valence-electron chi connectivity index (χ4n) is 2.83.